The molecule has 0 amide bonds. The summed E-state index contributed by atoms with van der Waals surface area (Å²) in [7, 11) is 0. The Morgan fingerprint density at radius 2 is 2.21 bits per heavy atom. The molecule has 14 heavy (non-hydrogen) atoms. The fourth-order valence-electron chi connectivity index (χ4n) is 1.57. The van der Waals surface area contributed by atoms with Gasteiger partial charge in [0.25, 0.3) is 0 Å². The number of carbonyl (C=O) groups is 1. The number of rotatable bonds is 1. The Morgan fingerprint density at radius 1 is 1.50 bits per heavy atom. The van der Waals surface area contributed by atoms with E-state index in [9.17, 15) is 4.79 Å². The highest BCUT2D eigenvalue weighted by molar-refractivity contribution is 5.88. The maximum absolute atomic E-state index is 10.9. The highest BCUT2D eigenvalue weighted by Crippen LogP contribution is 2.14. The van der Waals surface area contributed by atoms with Crippen molar-refractivity contribution < 1.29 is 9.90 Å². The molecule has 72 valence electrons. The summed E-state index contributed by atoms with van der Waals surface area (Å²) in [6.45, 7) is 3.61. The average molecular weight is 190 g/mol. The van der Waals surface area contributed by atoms with Gasteiger partial charge in [-0.2, -0.15) is 0 Å². The van der Waals surface area contributed by atoms with Crippen molar-refractivity contribution in [3.63, 3.8) is 0 Å². The summed E-state index contributed by atoms with van der Waals surface area (Å²) in [5.74, 6) is -0.944. The number of fused-ring (bicyclic) bond motifs is 1. The predicted molar refractivity (Wildman–Crippen MR) is 51.6 cm³/mol. The monoisotopic (exact) mass is 190 g/mol. The third-order valence-corrected chi connectivity index (χ3v) is 2.22. The first-order chi connectivity index (χ1) is 6.61. The van der Waals surface area contributed by atoms with E-state index in [2.05, 4.69) is 4.98 Å². The molecule has 0 aromatic carbocycles. The summed E-state index contributed by atoms with van der Waals surface area (Å²) in [4.78, 5) is 15.2. The van der Waals surface area contributed by atoms with Gasteiger partial charge in [-0.25, -0.2) is 9.78 Å². The lowest BCUT2D eigenvalue weighted by molar-refractivity contribution is 0.0688. The van der Waals surface area contributed by atoms with Crippen LogP contribution >= 0.6 is 0 Å². The third-order valence-electron chi connectivity index (χ3n) is 2.22. The van der Waals surface area contributed by atoms with Crippen LogP contribution in [0.2, 0.25) is 0 Å². The van der Waals surface area contributed by atoms with Crippen LogP contribution in [0.15, 0.2) is 18.3 Å². The Balaban J connectivity index is 2.90. The van der Waals surface area contributed by atoms with Gasteiger partial charge < -0.3 is 5.11 Å². The zero-order valence-electron chi connectivity index (χ0n) is 7.98. The molecule has 4 heteroatoms. The molecular weight excluding hydrogens is 180 g/mol. The zero-order valence-corrected chi connectivity index (χ0v) is 7.98. The summed E-state index contributed by atoms with van der Waals surface area (Å²) < 4.78 is 1.60. The minimum Gasteiger partial charge on any atom is -0.477 e. The molecule has 2 heterocycles. The van der Waals surface area contributed by atoms with Crippen LogP contribution in [0.3, 0.4) is 0 Å². The number of aryl methyl sites for hydroxylation is 2. The van der Waals surface area contributed by atoms with E-state index in [0.29, 0.717) is 11.3 Å². The second kappa shape index (κ2) is 2.83. The van der Waals surface area contributed by atoms with Crippen molar-refractivity contribution in [2.45, 2.75) is 13.8 Å². The van der Waals surface area contributed by atoms with Crippen LogP contribution in [-0.2, 0) is 0 Å². The minimum absolute atomic E-state index is 0.240. The van der Waals surface area contributed by atoms with Gasteiger partial charge in [0, 0.05) is 6.20 Å². The lowest BCUT2D eigenvalue weighted by Gasteiger charge is -1.98. The summed E-state index contributed by atoms with van der Waals surface area (Å²) in [5, 5.41) is 8.98. The molecule has 0 fully saturated rings. The van der Waals surface area contributed by atoms with E-state index in [1.54, 1.807) is 17.5 Å². The average Bonchev–Trinajstić information content (AvgIpc) is 2.42. The molecule has 0 bridgehead atoms. The van der Waals surface area contributed by atoms with E-state index in [-0.39, 0.29) is 5.69 Å². The van der Waals surface area contributed by atoms with Crippen molar-refractivity contribution in [1.29, 1.82) is 0 Å². The van der Waals surface area contributed by atoms with Gasteiger partial charge in [-0.15, -0.1) is 0 Å². The second-order valence-electron chi connectivity index (χ2n) is 3.24. The smallest absolute Gasteiger partial charge is 0.354 e. The van der Waals surface area contributed by atoms with Crippen LogP contribution in [0.5, 0.6) is 0 Å². The van der Waals surface area contributed by atoms with Gasteiger partial charge in [0.05, 0.1) is 5.69 Å². The number of aromatic carboxylic acids is 1. The van der Waals surface area contributed by atoms with E-state index in [4.69, 9.17) is 5.11 Å². The first-order valence-corrected chi connectivity index (χ1v) is 4.29. The van der Waals surface area contributed by atoms with Gasteiger partial charge >= 0.3 is 5.97 Å². The second-order valence-corrected chi connectivity index (χ2v) is 3.24. The number of pyridine rings is 1. The topological polar surface area (TPSA) is 54.6 Å². The standard InChI is InChI=1S/C10H10N2O2/c1-6-4-3-5-12-8(10(13)14)7(2)11-9(6)12/h3-5H,1-2H3,(H,13,14). The van der Waals surface area contributed by atoms with Gasteiger partial charge in [0.15, 0.2) is 5.69 Å². The normalized spacial score (nSPS) is 10.7. The fourth-order valence-corrected chi connectivity index (χ4v) is 1.57. The molecule has 4 nitrogen and oxygen atoms in total. The Labute approximate surface area is 80.8 Å². The van der Waals surface area contributed by atoms with E-state index >= 15 is 0 Å². The third kappa shape index (κ3) is 1.08. The predicted octanol–water partition coefficient (Wildman–Crippen LogP) is 1.65. The van der Waals surface area contributed by atoms with Crippen LogP contribution in [0.4, 0.5) is 0 Å². The maximum atomic E-state index is 10.9. The van der Waals surface area contributed by atoms with E-state index < -0.39 is 5.97 Å². The van der Waals surface area contributed by atoms with Gasteiger partial charge in [-0.1, -0.05) is 6.07 Å². The molecule has 0 aliphatic rings. The zero-order chi connectivity index (χ0) is 10.3. The molecule has 0 radical (unpaired) electrons. The van der Waals surface area contributed by atoms with Crippen molar-refractivity contribution in [3.05, 3.63) is 35.3 Å². The van der Waals surface area contributed by atoms with Gasteiger partial charge in [0.2, 0.25) is 0 Å². The highest BCUT2D eigenvalue weighted by atomic mass is 16.4. The lowest BCUT2D eigenvalue weighted by Crippen LogP contribution is -2.03. The fraction of sp³-hybridized carbons (Fsp3) is 0.200. The molecule has 2 rings (SSSR count). The Hall–Kier alpha value is -1.84. The molecule has 0 spiro atoms. The van der Waals surface area contributed by atoms with Crippen molar-refractivity contribution in [2.24, 2.45) is 0 Å². The number of hydrogen-bond acceptors (Lipinski definition) is 2. The van der Waals surface area contributed by atoms with Crippen molar-refractivity contribution in [2.75, 3.05) is 0 Å². The Kier molecular flexibility index (Phi) is 1.77. The Bertz CT molecular complexity index is 514. The van der Waals surface area contributed by atoms with Crippen molar-refractivity contribution >= 4 is 11.6 Å². The number of nitrogens with zero attached hydrogens (tertiary/aromatic N) is 2. The molecular formula is C10H10N2O2. The van der Waals surface area contributed by atoms with Crippen LogP contribution in [0, 0.1) is 13.8 Å². The van der Waals surface area contributed by atoms with Gasteiger partial charge in [0.1, 0.15) is 5.65 Å². The number of carboxylic acid groups (broad SMARTS) is 1. The molecule has 0 atom stereocenters. The molecule has 0 unspecified atom stereocenters. The largest absolute Gasteiger partial charge is 0.477 e. The van der Waals surface area contributed by atoms with E-state index in [1.807, 2.05) is 19.1 Å². The van der Waals surface area contributed by atoms with Crippen molar-refractivity contribution in [1.82, 2.24) is 9.38 Å². The number of hydrogen-bond donors (Lipinski definition) is 1. The number of aromatic nitrogens is 2. The first-order valence-electron chi connectivity index (χ1n) is 4.29. The summed E-state index contributed by atoms with van der Waals surface area (Å²) in [6.07, 6.45) is 1.71. The quantitative estimate of drug-likeness (QED) is 0.743. The first kappa shape index (κ1) is 8.74. The van der Waals surface area contributed by atoms with Crippen molar-refractivity contribution in [3.8, 4) is 0 Å². The molecule has 0 saturated carbocycles. The van der Waals surface area contributed by atoms with Gasteiger partial charge in [-0.3, -0.25) is 4.40 Å². The van der Waals surface area contributed by atoms with Gasteiger partial charge in [-0.05, 0) is 25.5 Å². The van der Waals surface area contributed by atoms with Crippen LogP contribution in [-0.4, -0.2) is 20.5 Å². The highest BCUT2D eigenvalue weighted by Gasteiger charge is 2.15. The summed E-state index contributed by atoms with van der Waals surface area (Å²) >= 11 is 0. The van der Waals surface area contributed by atoms with E-state index in [1.165, 1.54) is 0 Å². The molecule has 1 N–H and O–H groups in total. The molecule has 2 aromatic rings. The summed E-state index contributed by atoms with van der Waals surface area (Å²) in [6, 6.07) is 3.73. The molecule has 0 aliphatic carbocycles. The van der Waals surface area contributed by atoms with E-state index in [0.717, 1.165) is 5.56 Å². The van der Waals surface area contributed by atoms with Crippen LogP contribution < -0.4 is 0 Å². The van der Waals surface area contributed by atoms with Crippen LogP contribution in [0.1, 0.15) is 21.7 Å². The SMILES string of the molecule is Cc1nc2c(C)cccn2c1C(=O)O. The number of imidazole rings is 1. The van der Waals surface area contributed by atoms with Crippen LogP contribution in [0.25, 0.3) is 5.65 Å². The maximum Gasteiger partial charge on any atom is 0.354 e. The lowest BCUT2D eigenvalue weighted by atomic mass is 10.3. The number of carboxylic acids is 1. The molecule has 2 aromatic heterocycles. The minimum atomic E-state index is -0.944. The molecule has 0 saturated heterocycles. The summed E-state index contributed by atoms with van der Waals surface area (Å²) in [5.41, 5.74) is 2.47. The Morgan fingerprint density at radius 3 is 2.86 bits per heavy atom. The molecule has 0 aliphatic heterocycles.